The molecule has 0 atom stereocenters. The molecule has 5 nitrogen and oxygen atoms in total. The lowest BCUT2D eigenvalue weighted by Gasteiger charge is -2.23. The Kier molecular flexibility index (Phi) is 6.73. The van der Waals surface area contributed by atoms with Gasteiger partial charge in [0, 0.05) is 18.2 Å². The van der Waals surface area contributed by atoms with Gasteiger partial charge in [0.25, 0.3) is 15.9 Å². The number of rotatable bonds is 6. The molecular formula is C22H28N2O3S. The van der Waals surface area contributed by atoms with Crippen molar-refractivity contribution in [2.45, 2.75) is 56.4 Å². The highest BCUT2D eigenvalue weighted by molar-refractivity contribution is 7.92. The fourth-order valence-electron chi connectivity index (χ4n) is 3.68. The summed E-state index contributed by atoms with van der Waals surface area (Å²) in [5.74, 6) is -0.0904. The van der Waals surface area contributed by atoms with E-state index in [1.54, 1.807) is 61.5 Å². The summed E-state index contributed by atoms with van der Waals surface area (Å²) in [5.41, 5.74) is 1.11. The van der Waals surface area contributed by atoms with Gasteiger partial charge in [0.15, 0.2) is 0 Å². The summed E-state index contributed by atoms with van der Waals surface area (Å²) in [5, 5.41) is 3.12. The Hall–Kier alpha value is -2.34. The molecular weight excluding hydrogens is 372 g/mol. The van der Waals surface area contributed by atoms with E-state index in [0.29, 0.717) is 17.8 Å². The summed E-state index contributed by atoms with van der Waals surface area (Å²) in [4.78, 5) is 12.8. The minimum absolute atomic E-state index is 0.0904. The van der Waals surface area contributed by atoms with Gasteiger partial charge in [0.05, 0.1) is 10.6 Å². The van der Waals surface area contributed by atoms with Crippen molar-refractivity contribution in [3.05, 3.63) is 60.2 Å². The second-order valence-corrected chi connectivity index (χ2v) is 9.05. The molecule has 1 saturated carbocycles. The lowest BCUT2D eigenvalue weighted by molar-refractivity contribution is 0.0933. The zero-order valence-electron chi connectivity index (χ0n) is 16.3. The van der Waals surface area contributed by atoms with Crippen molar-refractivity contribution in [2.24, 2.45) is 0 Å². The van der Waals surface area contributed by atoms with Crippen LogP contribution in [0.5, 0.6) is 0 Å². The Morgan fingerprint density at radius 2 is 1.57 bits per heavy atom. The first-order chi connectivity index (χ1) is 13.5. The van der Waals surface area contributed by atoms with Crippen LogP contribution >= 0.6 is 0 Å². The average Bonchev–Trinajstić information content (AvgIpc) is 2.98. The molecule has 6 heteroatoms. The molecule has 0 bridgehead atoms. The van der Waals surface area contributed by atoms with Gasteiger partial charge in [0.2, 0.25) is 0 Å². The number of anilines is 1. The number of benzene rings is 2. The molecule has 1 aliphatic rings. The Bertz CT molecular complexity index is 872. The zero-order chi connectivity index (χ0) is 20.0. The number of hydrogen-bond acceptors (Lipinski definition) is 3. The van der Waals surface area contributed by atoms with Gasteiger partial charge in [-0.05, 0) is 56.2 Å². The van der Waals surface area contributed by atoms with Crippen LogP contribution < -0.4 is 9.62 Å². The number of nitrogens with one attached hydrogen (secondary N) is 1. The first-order valence-corrected chi connectivity index (χ1v) is 11.4. The third kappa shape index (κ3) is 4.73. The Balaban J connectivity index is 1.74. The van der Waals surface area contributed by atoms with Crippen LogP contribution in [0.25, 0.3) is 0 Å². The molecule has 2 aromatic rings. The van der Waals surface area contributed by atoms with Crippen LogP contribution in [0.3, 0.4) is 0 Å². The molecule has 150 valence electrons. The van der Waals surface area contributed by atoms with Crippen molar-refractivity contribution in [3.63, 3.8) is 0 Å². The normalized spacial score (nSPS) is 15.6. The number of hydrogen-bond donors (Lipinski definition) is 1. The van der Waals surface area contributed by atoms with Crippen molar-refractivity contribution < 1.29 is 13.2 Å². The molecule has 28 heavy (non-hydrogen) atoms. The van der Waals surface area contributed by atoms with E-state index in [0.717, 1.165) is 25.7 Å². The topological polar surface area (TPSA) is 66.5 Å². The van der Waals surface area contributed by atoms with Crippen LogP contribution in [-0.2, 0) is 10.0 Å². The number of nitrogens with zero attached hydrogens (tertiary/aromatic N) is 1. The molecule has 0 aliphatic heterocycles. The molecule has 0 heterocycles. The first kappa shape index (κ1) is 20.4. The molecule has 0 aromatic heterocycles. The average molecular weight is 401 g/mol. The highest BCUT2D eigenvalue weighted by Crippen LogP contribution is 2.24. The van der Waals surface area contributed by atoms with Crippen LogP contribution in [0.4, 0.5) is 5.69 Å². The van der Waals surface area contributed by atoms with Gasteiger partial charge in [-0.3, -0.25) is 9.10 Å². The summed E-state index contributed by atoms with van der Waals surface area (Å²) in [6.07, 6.45) is 6.86. The van der Waals surface area contributed by atoms with Crippen molar-refractivity contribution in [3.8, 4) is 0 Å². The number of carbonyl (C=O) groups is 1. The first-order valence-electron chi connectivity index (χ1n) is 10.0. The maximum atomic E-state index is 12.9. The molecule has 1 fully saturated rings. The summed E-state index contributed by atoms with van der Waals surface area (Å²) < 4.78 is 27.2. The predicted molar refractivity (Wildman–Crippen MR) is 112 cm³/mol. The third-order valence-electron chi connectivity index (χ3n) is 5.23. The monoisotopic (exact) mass is 400 g/mol. The molecule has 1 amide bonds. The van der Waals surface area contributed by atoms with Crippen LogP contribution in [0.1, 0.15) is 55.8 Å². The van der Waals surface area contributed by atoms with E-state index in [2.05, 4.69) is 5.32 Å². The molecule has 0 saturated heterocycles. The number of sulfonamides is 1. The van der Waals surface area contributed by atoms with E-state index in [-0.39, 0.29) is 16.8 Å². The molecule has 2 aromatic carbocycles. The van der Waals surface area contributed by atoms with E-state index < -0.39 is 10.0 Å². The second kappa shape index (κ2) is 9.24. The standard InChI is InChI=1S/C22H28N2O3S/c1-2-24(28(26,27)21-12-8-5-9-13-21)20-16-14-18(15-17-20)22(25)23-19-10-6-3-4-7-11-19/h5,8-9,12-17,19H,2-4,6-7,10-11H2,1H3,(H,23,25). The number of amides is 1. The Morgan fingerprint density at radius 3 is 2.14 bits per heavy atom. The van der Waals surface area contributed by atoms with Gasteiger partial charge in [-0.2, -0.15) is 0 Å². The van der Waals surface area contributed by atoms with Gasteiger partial charge in [-0.15, -0.1) is 0 Å². The van der Waals surface area contributed by atoms with Crippen LogP contribution in [0, 0.1) is 0 Å². The SMILES string of the molecule is CCN(c1ccc(C(=O)NC2CCCCCC2)cc1)S(=O)(=O)c1ccccc1. The van der Waals surface area contributed by atoms with Crippen molar-refractivity contribution >= 4 is 21.6 Å². The quantitative estimate of drug-likeness (QED) is 0.733. The van der Waals surface area contributed by atoms with E-state index in [4.69, 9.17) is 0 Å². The second-order valence-electron chi connectivity index (χ2n) is 7.19. The Labute approximate surface area is 167 Å². The van der Waals surface area contributed by atoms with Gasteiger partial charge >= 0.3 is 0 Å². The Morgan fingerprint density at radius 1 is 0.964 bits per heavy atom. The minimum Gasteiger partial charge on any atom is -0.349 e. The lowest BCUT2D eigenvalue weighted by atomic mass is 10.1. The van der Waals surface area contributed by atoms with Crippen molar-refractivity contribution in [1.29, 1.82) is 0 Å². The zero-order valence-corrected chi connectivity index (χ0v) is 17.1. The fourth-order valence-corrected chi connectivity index (χ4v) is 5.18. The van der Waals surface area contributed by atoms with E-state index in [1.165, 1.54) is 17.1 Å². The van der Waals surface area contributed by atoms with E-state index >= 15 is 0 Å². The molecule has 0 spiro atoms. The van der Waals surface area contributed by atoms with Crippen LogP contribution in [0.2, 0.25) is 0 Å². The highest BCUT2D eigenvalue weighted by atomic mass is 32.2. The summed E-state index contributed by atoms with van der Waals surface area (Å²) in [7, 11) is -3.63. The number of carbonyl (C=O) groups excluding carboxylic acids is 1. The van der Waals surface area contributed by atoms with Crippen molar-refractivity contribution in [1.82, 2.24) is 5.32 Å². The summed E-state index contributed by atoms with van der Waals surface area (Å²) >= 11 is 0. The molecule has 1 aliphatic carbocycles. The molecule has 3 rings (SSSR count). The third-order valence-corrected chi connectivity index (χ3v) is 7.14. The van der Waals surface area contributed by atoms with Gasteiger partial charge < -0.3 is 5.32 Å². The summed E-state index contributed by atoms with van der Waals surface area (Å²) in [6, 6.07) is 15.4. The summed E-state index contributed by atoms with van der Waals surface area (Å²) in [6.45, 7) is 2.11. The molecule has 0 radical (unpaired) electrons. The predicted octanol–water partition coefficient (Wildman–Crippen LogP) is 4.35. The van der Waals surface area contributed by atoms with Crippen LogP contribution in [-0.4, -0.2) is 26.9 Å². The fraction of sp³-hybridized carbons (Fsp3) is 0.409. The van der Waals surface area contributed by atoms with Crippen molar-refractivity contribution in [2.75, 3.05) is 10.8 Å². The highest BCUT2D eigenvalue weighted by Gasteiger charge is 2.23. The van der Waals surface area contributed by atoms with E-state index in [9.17, 15) is 13.2 Å². The minimum atomic E-state index is -3.63. The molecule has 0 unspecified atom stereocenters. The van der Waals surface area contributed by atoms with Gasteiger partial charge in [0.1, 0.15) is 0 Å². The largest absolute Gasteiger partial charge is 0.349 e. The maximum Gasteiger partial charge on any atom is 0.264 e. The maximum absolute atomic E-state index is 12.9. The smallest absolute Gasteiger partial charge is 0.264 e. The van der Waals surface area contributed by atoms with E-state index in [1.807, 2.05) is 0 Å². The molecule has 1 N–H and O–H groups in total. The van der Waals surface area contributed by atoms with Gasteiger partial charge in [-0.25, -0.2) is 8.42 Å². The van der Waals surface area contributed by atoms with Crippen LogP contribution in [0.15, 0.2) is 59.5 Å². The lowest BCUT2D eigenvalue weighted by Crippen LogP contribution is -2.34. The van der Waals surface area contributed by atoms with Gasteiger partial charge in [-0.1, -0.05) is 43.9 Å².